The monoisotopic (exact) mass is 573 g/mol. The quantitative estimate of drug-likeness (QED) is 0.412. The summed E-state index contributed by atoms with van der Waals surface area (Å²) in [6, 6.07) is 3.25. The Morgan fingerprint density at radius 3 is 2.61 bits per heavy atom. The van der Waals surface area contributed by atoms with Crippen molar-refractivity contribution in [2.75, 3.05) is 23.1 Å². The summed E-state index contributed by atoms with van der Waals surface area (Å²) in [7, 11) is -2.87. The molecule has 15 heteroatoms. The normalized spacial score (nSPS) is 22.0. The summed E-state index contributed by atoms with van der Waals surface area (Å²) in [6.07, 6.45) is 2.66. The second kappa shape index (κ2) is 10.7. The zero-order chi connectivity index (χ0) is 26.5. The molecular formula is C23H27ClF3N7O3S. The molecule has 1 aromatic carbocycles. The molecule has 5 rings (SSSR count). The topological polar surface area (TPSA) is 135 Å². The van der Waals surface area contributed by atoms with Crippen LogP contribution in [-0.4, -0.2) is 58.6 Å². The average Bonchev–Trinajstić information content (AvgIpc) is 3.47. The highest BCUT2D eigenvalue weighted by atomic mass is 35.5. The van der Waals surface area contributed by atoms with E-state index in [-0.39, 0.29) is 55.2 Å². The van der Waals surface area contributed by atoms with E-state index in [1.54, 1.807) is 0 Å². The summed E-state index contributed by atoms with van der Waals surface area (Å²) in [6.45, 7) is -0.428. The number of nitrogens with two attached hydrogens (primary N) is 1. The molecule has 0 radical (unpaired) electrons. The number of anilines is 2. The van der Waals surface area contributed by atoms with Crippen LogP contribution in [0, 0.1) is 11.6 Å². The number of hydrogen-bond donors (Lipinski definition) is 3. The van der Waals surface area contributed by atoms with Crippen LogP contribution in [0.15, 0.2) is 29.2 Å². The van der Waals surface area contributed by atoms with E-state index in [9.17, 15) is 22.0 Å². The van der Waals surface area contributed by atoms with Crippen molar-refractivity contribution in [2.45, 2.75) is 43.9 Å². The predicted molar refractivity (Wildman–Crippen MR) is 140 cm³/mol. The van der Waals surface area contributed by atoms with Crippen LogP contribution in [0.5, 0.6) is 0 Å². The number of aryl methyl sites for hydroxylation is 1. The van der Waals surface area contributed by atoms with Crippen LogP contribution < -0.4 is 21.3 Å². The van der Waals surface area contributed by atoms with Crippen LogP contribution in [-0.2, 0) is 17.3 Å². The smallest absolute Gasteiger partial charge is 0.301 e. The van der Waals surface area contributed by atoms with Gasteiger partial charge in [0.15, 0.2) is 5.82 Å². The highest BCUT2D eigenvalue weighted by molar-refractivity contribution is 7.90. The van der Waals surface area contributed by atoms with E-state index in [4.69, 9.17) is 5.73 Å². The molecule has 2 aromatic heterocycles. The Kier molecular flexibility index (Phi) is 7.89. The van der Waals surface area contributed by atoms with Gasteiger partial charge in [0.2, 0.25) is 5.95 Å². The maximum atomic E-state index is 15.5. The lowest BCUT2D eigenvalue weighted by molar-refractivity contribution is 0.343. The van der Waals surface area contributed by atoms with Crippen molar-refractivity contribution in [3.05, 3.63) is 46.4 Å². The van der Waals surface area contributed by atoms with Gasteiger partial charge in [0, 0.05) is 43.8 Å². The number of hydrogen-bond acceptors (Lipinski definition) is 7. The lowest BCUT2D eigenvalue weighted by atomic mass is 10.0. The fourth-order valence-electron chi connectivity index (χ4n) is 4.81. The Morgan fingerprint density at radius 1 is 1.18 bits per heavy atom. The largest absolute Gasteiger partial charge is 0.351 e. The van der Waals surface area contributed by atoms with Gasteiger partial charge in [0.25, 0.3) is 5.56 Å². The Hall–Kier alpha value is -2.94. The summed E-state index contributed by atoms with van der Waals surface area (Å²) < 4.78 is 73.1. The third-order valence-corrected chi connectivity index (χ3v) is 8.28. The molecule has 0 bridgehead atoms. The van der Waals surface area contributed by atoms with Gasteiger partial charge in [-0.3, -0.25) is 14.1 Å². The minimum Gasteiger partial charge on any atom is -0.351 e. The number of alkyl halides is 1. The van der Waals surface area contributed by atoms with Gasteiger partial charge in [-0.2, -0.15) is 17.7 Å². The Balaban J connectivity index is 0.00000336. The summed E-state index contributed by atoms with van der Waals surface area (Å²) in [5.74, 6) is -2.02. The molecule has 1 aliphatic carbocycles. The Labute approximate surface area is 223 Å². The fourth-order valence-corrected chi connectivity index (χ4v) is 6.08. The summed E-state index contributed by atoms with van der Waals surface area (Å²) >= 11 is 0. The summed E-state index contributed by atoms with van der Waals surface area (Å²) in [4.78, 5) is 21.8. The molecule has 1 saturated heterocycles. The van der Waals surface area contributed by atoms with E-state index in [1.165, 1.54) is 19.3 Å². The van der Waals surface area contributed by atoms with Gasteiger partial charge in [-0.15, -0.1) is 12.4 Å². The van der Waals surface area contributed by atoms with Gasteiger partial charge in [-0.1, -0.05) is 0 Å². The first-order valence-electron chi connectivity index (χ1n) is 11.8. The lowest BCUT2D eigenvalue weighted by Crippen LogP contribution is -2.34. The second-order valence-electron chi connectivity index (χ2n) is 9.44. The van der Waals surface area contributed by atoms with Crippen LogP contribution in [0.25, 0.3) is 22.2 Å². The Bertz CT molecular complexity index is 1540. The van der Waals surface area contributed by atoms with Gasteiger partial charge < -0.3 is 11.1 Å². The van der Waals surface area contributed by atoms with Gasteiger partial charge >= 0.3 is 10.2 Å². The molecule has 3 aromatic rings. The van der Waals surface area contributed by atoms with Crippen molar-refractivity contribution in [3.63, 3.8) is 0 Å². The maximum Gasteiger partial charge on any atom is 0.301 e. The van der Waals surface area contributed by atoms with E-state index < -0.39 is 44.8 Å². The summed E-state index contributed by atoms with van der Waals surface area (Å²) in [5.41, 5.74) is 3.87. The summed E-state index contributed by atoms with van der Waals surface area (Å²) in [5, 5.41) is 3.55. The Morgan fingerprint density at radius 2 is 1.95 bits per heavy atom. The molecule has 4 N–H and O–H groups in total. The number of fused-ring (bicyclic) bond motifs is 1. The van der Waals surface area contributed by atoms with Gasteiger partial charge in [0.05, 0.1) is 16.8 Å². The molecule has 0 amide bonds. The van der Waals surface area contributed by atoms with Crippen molar-refractivity contribution in [2.24, 2.45) is 12.8 Å². The van der Waals surface area contributed by atoms with Gasteiger partial charge in [-0.05, 0) is 43.9 Å². The standard InChI is InChI=1S/C23H26F3N7O3S.ClH/c1-32-21-12(10-28-23(30-21)29-15-3-2-14(27)9-15)8-16(22(32)34)19-17(25)4-5-18(20(19)26)31-37(35,36)33-7-6-13(24)11-33;/h4-5,8,10,13-15,31H,2-3,6-7,9,11,27H2,1H3,(H,28,29,30);1H/t13-,14+,15+;/m1./s1. The number of nitrogens with one attached hydrogen (secondary N) is 2. The van der Waals surface area contributed by atoms with Crippen molar-refractivity contribution < 1.29 is 21.6 Å². The molecule has 3 atom stereocenters. The van der Waals surface area contributed by atoms with Crippen LogP contribution in [0.2, 0.25) is 0 Å². The maximum absolute atomic E-state index is 15.5. The van der Waals surface area contributed by atoms with E-state index in [2.05, 4.69) is 15.3 Å². The molecular weight excluding hydrogens is 547 g/mol. The van der Waals surface area contributed by atoms with E-state index >= 15 is 4.39 Å². The number of nitrogens with zero attached hydrogens (tertiary/aromatic N) is 4. The first kappa shape index (κ1) is 28.1. The zero-order valence-electron chi connectivity index (χ0n) is 20.3. The average molecular weight is 574 g/mol. The molecule has 206 valence electrons. The molecule has 3 heterocycles. The van der Waals surface area contributed by atoms with Gasteiger partial charge in [0.1, 0.15) is 17.6 Å². The highest BCUT2D eigenvalue weighted by Gasteiger charge is 2.32. The number of benzene rings is 1. The van der Waals surface area contributed by atoms with Crippen molar-refractivity contribution in [1.29, 1.82) is 0 Å². The molecule has 10 nitrogen and oxygen atoms in total. The van der Waals surface area contributed by atoms with E-state index in [1.807, 2.05) is 4.72 Å². The third-order valence-electron chi connectivity index (χ3n) is 6.79. The predicted octanol–water partition coefficient (Wildman–Crippen LogP) is 2.69. The fraction of sp³-hybridized carbons (Fsp3) is 0.435. The highest BCUT2D eigenvalue weighted by Crippen LogP contribution is 2.31. The van der Waals surface area contributed by atoms with Crippen LogP contribution in [0.4, 0.5) is 24.8 Å². The number of aromatic nitrogens is 3. The number of halogens is 4. The molecule has 2 aliphatic rings. The van der Waals surface area contributed by atoms with Crippen LogP contribution >= 0.6 is 12.4 Å². The minimum atomic E-state index is -4.29. The van der Waals surface area contributed by atoms with E-state index in [0.717, 1.165) is 40.3 Å². The van der Waals surface area contributed by atoms with Gasteiger partial charge in [-0.25, -0.2) is 18.2 Å². The van der Waals surface area contributed by atoms with Crippen LogP contribution in [0.1, 0.15) is 25.7 Å². The first-order chi connectivity index (χ1) is 17.5. The van der Waals surface area contributed by atoms with Crippen molar-refractivity contribution in [3.8, 4) is 11.1 Å². The minimum absolute atomic E-state index is 0. The second-order valence-corrected chi connectivity index (χ2v) is 11.1. The molecule has 0 unspecified atom stereocenters. The lowest BCUT2D eigenvalue weighted by Gasteiger charge is -2.18. The molecule has 2 fully saturated rings. The first-order valence-corrected chi connectivity index (χ1v) is 13.3. The molecule has 0 spiro atoms. The van der Waals surface area contributed by atoms with E-state index in [0.29, 0.717) is 11.3 Å². The SMILES string of the molecule is Cl.Cn1c(=O)c(-c2c(F)ccc(NS(=O)(=O)N3CC[C@@H](F)C3)c2F)cc2cnc(N[C@H]3CC[C@H](N)C3)nc21. The third kappa shape index (κ3) is 5.30. The number of rotatable bonds is 6. The van der Waals surface area contributed by atoms with Crippen molar-refractivity contribution >= 4 is 45.3 Å². The molecule has 38 heavy (non-hydrogen) atoms. The zero-order valence-corrected chi connectivity index (χ0v) is 22.0. The van der Waals surface area contributed by atoms with Crippen molar-refractivity contribution in [1.82, 2.24) is 18.8 Å². The molecule has 1 aliphatic heterocycles. The number of pyridine rings is 1. The molecule has 1 saturated carbocycles. The van der Waals surface area contributed by atoms with Crippen LogP contribution in [0.3, 0.4) is 0 Å².